The van der Waals surface area contributed by atoms with Gasteiger partial charge in [0.1, 0.15) is 5.82 Å². The van der Waals surface area contributed by atoms with Gasteiger partial charge in [0.05, 0.1) is 17.5 Å². The SMILES string of the molecule is Cc1ccc2[nH]c(CCC(=O)O)nc2c1C.Cl. The molecule has 1 aromatic heterocycles. The fraction of sp³-hybridized carbons (Fsp3) is 0.333. The number of halogens is 1. The molecule has 0 aliphatic rings. The number of aliphatic carboxylic acids is 1. The van der Waals surface area contributed by atoms with Crippen molar-refractivity contribution in [1.29, 1.82) is 0 Å². The molecule has 0 spiro atoms. The molecule has 0 radical (unpaired) electrons. The second-order valence-corrected chi connectivity index (χ2v) is 3.98. The summed E-state index contributed by atoms with van der Waals surface area (Å²) in [5.41, 5.74) is 4.27. The molecule has 0 unspecified atom stereocenters. The summed E-state index contributed by atoms with van der Waals surface area (Å²) in [7, 11) is 0. The van der Waals surface area contributed by atoms with Crippen molar-refractivity contribution in [3.63, 3.8) is 0 Å². The van der Waals surface area contributed by atoms with Crippen LogP contribution in [0.2, 0.25) is 0 Å². The molecular weight excluding hydrogens is 240 g/mol. The first-order chi connectivity index (χ1) is 7.58. The highest BCUT2D eigenvalue weighted by Gasteiger charge is 2.07. The van der Waals surface area contributed by atoms with Gasteiger partial charge in [0.2, 0.25) is 0 Å². The van der Waals surface area contributed by atoms with Crippen molar-refractivity contribution in [1.82, 2.24) is 9.97 Å². The standard InChI is InChI=1S/C12H14N2O2.ClH/c1-7-3-4-9-12(8(7)2)14-10(13-9)5-6-11(15)16;/h3-4H,5-6H2,1-2H3,(H,13,14)(H,15,16);1H. The molecule has 0 aliphatic carbocycles. The van der Waals surface area contributed by atoms with Crippen molar-refractivity contribution in [3.8, 4) is 0 Å². The molecule has 4 nitrogen and oxygen atoms in total. The summed E-state index contributed by atoms with van der Waals surface area (Å²) in [5.74, 6) is -0.0561. The van der Waals surface area contributed by atoms with E-state index in [9.17, 15) is 4.79 Å². The molecule has 0 saturated heterocycles. The van der Waals surface area contributed by atoms with E-state index in [0.29, 0.717) is 6.42 Å². The number of aryl methyl sites for hydroxylation is 3. The fourth-order valence-corrected chi connectivity index (χ4v) is 1.71. The Hall–Kier alpha value is -1.55. The zero-order valence-electron chi connectivity index (χ0n) is 9.78. The molecular formula is C12H15ClN2O2. The Kier molecular flexibility index (Phi) is 4.12. The maximum atomic E-state index is 10.5. The molecule has 0 atom stereocenters. The van der Waals surface area contributed by atoms with Crippen molar-refractivity contribution in [3.05, 3.63) is 29.1 Å². The van der Waals surface area contributed by atoms with Crippen molar-refractivity contribution in [2.24, 2.45) is 0 Å². The molecule has 1 aromatic carbocycles. The molecule has 5 heteroatoms. The Labute approximate surface area is 105 Å². The number of nitrogens with one attached hydrogen (secondary N) is 1. The minimum Gasteiger partial charge on any atom is -0.481 e. The number of hydrogen-bond acceptors (Lipinski definition) is 2. The molecule has 2 aromatic rings. The van der Waals surface area contributed by atoms with Gasteiger partial charge < -0.3 is 10.1 Å². The maximum Gasteiger partial charge on any atom is 0.303 e. The number of carboxylic acid groups (broad SMARTS) is 1. The van der Waals surface area contributed by atoms with Crippen molar-refractivity contribution < 1.29 is 9.90 Å². The van der Waals surface area contributed by atoms with E-state index in [0.717, 1.165) is 22.4 Å². The van der Waals surface area contributed by atoms with Gasteiger partial charge in [-0.25, -0.2) is 4.98 Å². The number of nitrogens with zero attached hydrogens (tertiary/aromatic N) is 1. The third-order valence-corrected chi connectivity index (χ3v) is 2.80. The van der Waals surface area contributed by atoms with Crippen LogP contribution < -0.4 is 0 Å². The number of fused-ring (bicyclic) bond motifs is 1. The van der Waals surface area contributed by atoms with Gasteiger partial charge >= 0.3 is 5.97 Å². The number of benzene rings is 1. The zero-order chi connectivity index (χ0) is 11.7. The molecule has 0 fully saturated rings. The number of imidazole rings is 1. The second-order valence-electron chi connectivity index (χ2n) is 3.98. The lowest BCUT2D eigenvalue weighted by molar-refractivity contribution is -0.137. The number of H-pyrrole nitrogens is 1. The highest BCUT2D eigenvalue weighted by atomic mass is 35.5. The van der Waals surface area contributed by atoms with Crippen LogP contribution >= 0.6 is 12.4 Å². The summed E-state index contributed by atoms with van der Waals surface area (Å²) >= 11 is 0. The summed E-state index contributed by atoms with van der Waals surface area (Å²) in [4.78, 5) is 18.0. The first-order valence-electron chi connectivity index (χ1n) is 5.24. The number of hydrogen-bond donors (Lipinski definition) is 2. The van der Waals surface area contributed by atoms with Crippen LogP contribution in [0.25, 0.3) is 11.0 Å². The highest BCUT2D eigenvalue weighted by molar-refractivity contribution is 5.85. The largest absolute Gasteiger partial charge is 0.481 e. The van der Waals surface area contributed by atoms with E-state index >= 15 is 0 Å². The van der Waals surface area contributed by atoms with Crippen LogP contribution in [0.4, 0.5) is 0 Å². The zero-order valence-corrected chi connectivity index (χ0v) is 10.6. The van der Waals surface area contributed by atoms with Gasteiger partial charge in [0.25, 0.3) is 0 Å². The van der Waals surface area contributed by atoms with Gasteiger partial charge in [-0.15, -0.1) is 12.4 Å². The van der Waals surface area contributed by atoms with Gasteiger partial charge in [-0.1, -0.05) is 6.07 Å². The number of carbonyl (C=O) groups is 1. The van der Waals surface area contributed by atoms with Gasteiger partial charge in [-0.05, 0) is 31.0 Å². The Bertz CT molecular complexity index is 549. The summed E-state index contributed by atoms with van der Waals surface area (Å²) < 4.78 is 0. The van der Waals surface area contributed by atoms with Gasteiger partial charge in [0, 0.05) is 6.42 Å². The summed E-state index contributed by atoms with van der Waals surface area (Å²) in [5, 5.41) is 8.61. The fourth-order valence-electron chi connectivity index (χ4n) is 1.71. The van der Waals surface area contributed by atoms with Crippen LogP contribution in [0.15, 0.2) is 12.1 Å². The van der Waals surface area contributed by atoms with Crippen LogP contribution in [0, 0.1) is 13.8 Å². The lowest BCUT2D eigenvalue weighted by atomic mass is 10.1. The topological polar surface area (TPSA) is 66.0 Å². The van der Waals surface area contributed by atoms with Crippen LogP contribution in [0.3, 0.4) is 0 Å². The van der Waals surface area contributed by atoms with Gasteiger partial charge in [-0.3, -0.25) is 4.79 Å². The molecule has 0 bridgehead atoms. The molecule has 0 aliphatic heterocycles. The maximum absolute atomic E-state index is 10.5. The number of rotatable bonds is 3. The highest BCUT2D eigenvalue weighted by Crippen LogP contribution is 2.19. The first kappa shape index (κ1) is 13.5. The number of aromatic nitrogens is 2. The molecule has 2 rings (SSSR count). The molecule has 92 valence electrons. The summed E-state index contributed by atoms with van der Waals surface area (Å²) in [6.45, 7) is 4.07. The third-order valence-electron chi connectivity index (χ3n) is 2.80. The van der Waals surface area contributed by atoms with E-state index in [2.05, 4.69) is 9.97 Å². The smallest absolute Gasteiger partial charge is 0.303 e. The second kappa shape index (κ2) is 5.19. The van der Waals surface area contributed by atoms with E-state index in [-0.39, 0.29) is 18.8 Å². The summed E-state index contributed by atoms with van der Waals surface area (Å²) in [6.07, 6.45) is 0.556. The molecule has 0 amide bonds. The Morgan fingerprint density at radius 3 is 2.76 bits per heavy atom. The van der Waals surface area contributed by atoms with Crippen LogP contribution in [-0.2, 0) is 11.2 Å². The van der Waals surface area contributed by atoms with Crippen molar-refractivity contribution >= 4 is 29.4 Å². The molecule has 2 N–H and O–H groups in total. The Balaban J connectivity index is 0.00000144. The summed E-state index contributed by atoms with van der Waals surface area (Å²) in [6, 6.07) is 4.02. The van der Waals surface area contributed by atoms with Gasteiger partial charge in [0.15, 0.2) is 0 Å². The minimum absolute atomic E-state index is 0. The van der Waals surface area contributed by atoms with Crippen LogP contribution in [-0.4, -0.2) is 21.0 Å². The van der Waals surface area contributed by atoms with Gasteiger partial charge in [-0.2, -0.15) is 0 Å². The normalized spacial score (nSPS) is 10.2. The quantitative estimate of drug-likeness (QED) is 0.885. The van der Waals surface area contributed by atoms with Crippen molar-refractivity contribution in [2.45, 2.75) is 26.7 Å². The lowest BCUT2D eigenvalue weighted by Gasteiger charge is -1.98. The first-order valence-corrected chi connectivity index (χ1v) is 5.24. The van der Waals surface area contributed by atoms with E-state index in [1.807, 2.05) is 26.0 Å². The van der Waals surface area contributed by atoms with E-state index in [1.54, 1.807) is 0 Å². The monoisotopic (exact) mass is 254 g/mol. The minimum atomic E-state index is -0.798. The van der Waals surface area contributed by atoms with E-state index in [4.69, 9.17) is 5.11 Å². The van der Waals surface area contributed by atoms with E-state index in [1.165, 1.54) is 5.56 Å². The molecule has 1 heterocycles. The molecule has 17 heavy (non-hydrogen) atoms. The Morgan fingerprint density at radius 2 is 2.12 bits per heavy atom. The number of carboxylic acids is 1. The van der Waals surface area contributed by atoms with E-state index < -0.39 is 5.97 Å². The number of aromatic amines is 1. The third kappa shape index (κ3) is 2.77. The van der Waals surface area contributed by atoms with Crippen LogP contribution in [0.5, 0.6) is 0 Å². The Morgan fingerprint density at radius 1 is 1.41 bits per heavy atom. The lowest BCUT2D eigenvalue weighted by Crippen LogP contribution is -1.98. The average molecular weight is 255 g/mol. The average Bonchev–Trinajstić information content (AvgIpc) is 2.64. The predicted molar refractivity (Wildman–Crippen MR) is 68.8 cm³/mol. The van der Waals surface area contributed by atoms with Crippen molar-refractivity contribution in [2.75, 3.05) is 0 Å². The van der Waals surface area contributed by atoms with Crippen LogP contribution in [0.1, 0.15) is 23.4 Å². The predicted octanol–water partition coefficient (Wildman–Crippen LogP) is 2.62. The molecule has 0 saturated carbocycles.